The molecule has 1 aromatic carbocycles. The maximum atomic E-state index is 13.6. The van der Waals surface area contributed by atoms with E-state index in [1.165, 1.54) is 6.07 Å². The number of nitrogens with one attached hydrogen (secondary N) is 2. The van der Waals surface area contributed by atoms with Gasteiger partial charge in [0, 0.05) is 17.7 Å². The van der Waals surface area contributed by atoms with Crippen molar-refractivity contribution in [3.8, 4) is 0 Å². The number of aromatic nitrogens is 2. The van der Waals surface area contributed by atoms with Crippen molar-refractivity contribution in [1.29, 1.82) is 0 Å². The van der Waals surface area contributed by atoms with Crippen molar-refractivity contribution >= 4 is 44.6 Å². The summed E-state index contributed by atoms with van der Waals surface area (Å²) in [6.45, 7) is 1.87. The van der Waals surface area contributed by atoms with Gasteiger partial charge in [0.15, 0.2) is 5.11 Å². The molecule has 0 unspecified atom stereocenters. The number of halogens is 2. The summed E-state index contributed by atoms with van der Waals surface area (Å²) in [5.41, 5.74) is 1.93. The van der Waals surface area contributed by atoms with E-state index in [4.69, 9.17) is 12.2 Å². The third-order valence-corrected chi connectivity index (χ3v) is 3.14. The van der Waals surface area contributed by atoms with E-state index in [0.29, 0.717) is 15.3 Å². The zero-order valence-corrected chi connectivity index (χ0v) is 12.8. The Morgan fingerprint density at radius 3 is 2.63 bits per heavy atom. The summed E-state index contributed by atoms with van der Waals surface area (Å²) in [7, 11) is 1.82. The van der Waals surface area contributed by atoms with Crippen molar-refractivity contribution in [3.05, 3.63) is 40.4 Å². The molecule has 1 aromatic heterocycles. The van der Waals surface area contributed by atoms with E-state index < -0.39 is 0 Å². The first-order valence-electron chi connectivity index (χ1n) is 5.49. The highest BCUT2D eigenvalue weighted by atomic mass is 79.9. The SMILES string of the molecule is Cc1nn(C)cc1NC(=S)Nc1ccc(Br)cc1F. The van der Waals surface area contributed by atoms with Gasteiger partial charge in [-0.15, -0.1) is 0 Å². The Bertz CT molecular complexity index is 626. The van der Waals surface area contributed by atoms with E-state index in [9.17, 15) is 4.39 Å². The fraction of sp³-hybridized carbons (Fsp3) is 0.167. The van der Waals surface area contributed by atoms with Crippen LogP contribution >= 0.6 is 28.1 Å². The van der Waals surface area contributed by atoms with Crippen LogP contribution in [0.4, 0.5) is 15.8 Å². The van der Waals surface area contributed by atoms with E-state index in [-0.39, 0.29) is 5.82 Å². The van der Waals surface area contributed by atoms with E-state index in [1.807, 2.05) is 14.0 Å². The van der Waals surface area contributed by atoms with Crippen molar-refractivity contribution in [1.82, 2.24) is 9.78 Å². The number of rotatable bonds is 2. The number of nitrogens with zero attached hydrogens (tertiary/aromatic N) is 2. The lowest BCUT2D eigenvalue weighted by molar-refractivity contribution is 0.631. The lowest BCUT2D eigenvalue weighted by atomic mass is 10.3. The number of anilines is 2. The molecule has 0 aliphatic carbocycles. The van der Waals surface area contributed by atoms with Crippen LogP contribution in [0.1, 0.15) is 5.69 Å². The summed E-state index contributed by atoms with van der Waals surface area (Å²) >= 11 is 8.34. The average molecular weight is 343 g/mol. The van der Waals surface area contributed by atoms with Crippen LogP contribution in [0.3, 0.4) is 0 Å². The summed E-state index contributed by atoms with van der Waals surface area (Å²) in [5, 5.41) is 10.3. The van der Waals surface area contributed by atoms with Crippen LogP contribution in [0.15, 0.2) is 28.9 Å². The molecule has 19 heavy (non-hydrogen) atoms. The second-order valence-electron chi connectivity index (χ2n) is 4.01. The quantitative estimate of drug-likeness (QED) is 0.820. The number of aryl methyl sites for hydroxylation is 2. The highest BCUT2D eigenvalue weighted by Gasteiger charge is 2.07. The molecule has 2 aromatic rings. The van der Waals surface area contributed by atoms with Gasteiger partial charge in [-0.1, -0.05) is 15.9 Å². The van der Waals surface area contributed by atoms with Crippen LogP contribution in [0.2, 0.25) is 0 Å². The highest BCUT2D eigenvalue weighted by Crippen LogP contribution is 2.20. The number of benzene rings is 1. The molecular weight excluding hydrogens is 331 g/mol. The lowest BCUT2D eigenvalue weighted by Gasteiger charge is -2.10. The fourth-order valence-electron chi connectivity index (χ4n) is 1.59. The Kier molecular flexibility index (Phi) is 4.16. The lowest BCUT2D eigenvalue weighted by Crippen LogP contribution is -2.20. The smallest absolute Gasteiger partial charge is 0.175 e. The second-order valence-corrected chi connectivity index (χ2v) is 5.33. The van der Waals surface area contributed by atoms with Gasteiger partial charge in [-0.25, -0.2) is 4.39 Å². The summed E-state index contributed by atoms with van der Waals surface area (Å²) in [4.78, 5) is 0. The minimum Gasteiger partial charge on any atom is -0.330 e. The minimum absolute atomic E-state index is 0.317. The van der Waals surface area contributed by atoms with Gasteiger partial charge in [0.05, 0.1) is 17.1 Å². The molecule has 0 aliphatic heterocycles. The van der Waals surface area contributed by atoms with E-state index in [2.05, 4.69) is 31.7 Å². The van der Waals surface area contributed by atoms with Crippen molar-refractivity contribution in [3.63, 3.8) is 0 Å². The Morgan fingerprint density at radius 2 is 2.05 bits per heavy atom. The molecule has 2 N–H and O–H groups in total. The van der Waals surface area contributed by atoms with Gasteiger partial charge < -0.3 is 10.6 Å². The first-order chi connectivity index (χ1) is 8.95. The fourth-order valence-corrected chi connectivity index (χ4v) is 2.14. The van der Waals surface area contributed by atoms with Crippen LogP contribution < -0.4 is 10.6 Å². The molecule has 7 heteroatoms. The molecule has 0 radical (unpaired) electrons. The first kappa shape index (κ1) is 14.0. The minimum atomic E-state index is -0.374. The van der Waals surface area contributed by atoms with E-state index in [1.54, 1.807) is 23.0 Å². The molecule has 0 aliphatic rings. The third-order valence-electron chi connectivity index (χ3n) is 2.44. The predicted molar refractivity (Wildman–Crippen MR) is 81.9 cm³/mol. The molecule has 0 saturated carbocycles. The third kappa shape index (κ3) is 3.51. The van der Waals surface area contributed by atoms with Crippen molar-refractivity contribution < 1.29 is 4.39 Å². The van der Waals surface area contributed by atoms with E-state index in [0.717, 1.165) is 11.4 Å². The molecule has 0 atom stereocenters. The normalized spacial score (nSPS) is 10.3. The molecule has 0 saturated heterocycles. The van der Waals surface area contributed by atoms with Gasteiger partial charge in [-0.3, -0.25) is 4.68 Å². The van der Waals surface area contributed by atoms with Gasteiger partial charge in [0.2, 0.25) is 0 Å². The zero-order chi connectivity index (χ0) is 14.0. The van der Waals surface area contributed by atoms with Crippen LogP contribution in [-0.4, -0.2) is 14.9 Å². The van der Waals surface area contributed by atoms with Crippen LogP contribution in [-0.2, 0) is 7.05 Å². The first-order valence-corrected chi connectivity index (χ1v) is 6.69. The molecule has 0 bridgehead atoms. The topological polar surface area (TPSA) is 41.9 Å². The number of hydrogen-bond donors (Lipinski definition) is 2. The number of hydrogen-bond acceptors (Lipinski definition) is 2. The molecule has 0 spiro atoms. The van der Waals surface area contributed by atoms with Gasteiger partial charge in [-0.2, -0.15) is 5.10 Å². The summed E-state index contributed by atoms with van der Waals surface area (Å²) in [6, 6.07) is 4.73. The van der Waals surface area contributed by atoms with Crippen LogP contribution in [0, 0.1) is 12.7 Å². The molecule has 1 heterocycles. The highest BCUT2D eigenvalue weighted by molar-refractivity contribution is 9.10. The Morgan fingerprint density at radius 1 is 1.37 bits per heavy atom. The van der Waals surface area contributed by atoms with Gasteiger partial charge in [0.1, 0.15) is 5.82 Å². The maximum absolute atomic E-state index is 13.6. The molecule has 2 rings (SSSR count). The average Bonchev–Trinajstić information content (AvgIpc) is 2.61. The summed E-state index contributed by atoms with van der Waals surface area (Å²) in [5.74, 6) is -0.374. The maximum Gasteiger partial charge on any atom is 0.175 e. The monoisotopic (exact) mass is 342 g/mol. The van der Waals surface area contributed by atoms with Gasteiger partial charge in [0.25, 0.3) is 0 Å². The summed E-state index contributed by atoms with van der Waals surface area (Å²) in [6.07, 6.45) is 1.81. The molecule has 100 valence electrons. The van der Waals surface area contributed by atoms with Crippen molar-refractivity contribution in [2.75, 3.05) is 10.6 Å². The second kappa shape index (κ2) is 5.66. The molecule has 4 nitrogen and oxygen atoms in total. The van der Waals surface area contributed by atoms with Crippen LogP contribution in [0.5, 0.6) is 0 Å². The van der Waals surface area contributed by atoms with E-state index >= 15 is 0 Å². The standard InChI is InChI=1S/C12H12BrFN4S/c1-7-11(6-18(2)17-7)16-12(19)15-10-4-3-8(13)5-9(10)14/h3-6H,1-2H3,(H2,15,16,19). The zero-order valence-electron chi connectivity index (χ0n) is 10.4. The van der Waals surface area contributed by atoms with Gasteiger partial charge in [-0.05, 0) is 37.3 Å². The van der Waals surface area contributed by atoms with Crippen molar-refractivity contribution in [2.24, 2.45) is 7.05 Å². The Hall–Kier alpha value is -1.47. The molecule has 0 amide bonds. The Balaban J connectivity index is 2.07. The molecule has 0 fully saturated rings. The van der Waals surface area contributed by atoms with Crippen molar-refractivity contribution in [2.45, 2.75) is 6.92 Å². The number of thiocarbonyl (C=S) groups is 1. The Labute approximate surface area is 124 Å². The van der Waals surface area contributed by atoms with Gasteiger partial charge >= 0.3 is 0 Å². The summed E-state index contributed by atoms with van der Waals surface area (Å²) < 4.78 is 16.0. The molecular formula is C12H12BrFN4S. The largest absolute Gasteiger partial charge is 0.330 e. The predicted octanol–water partition coefficient (Wildman–Crippen LogP) is 3.44. The van der Waals surface area contributed by atoms with Crippen LogP contribution in [0.25, 0.3) is 0 Å².